The topological polar surface area (TPSA) is 46.9 Å². The number of amides is 1. The normalized spacial score (nSPS) is 14.7. The Kier molecular flexibility index (Phi) is 5.88. The standard InChI is InChI=1S/C22H20Cl2FN3O/c23-14-6-9-17(10-7-14)28-13-20(22(29)26-16-4-2-1-3-5-16)27-21(28)18-11-8-15(24)12-19(18)25/h6-13,16H,1-5H2,(H,26,29). The average molecular weight is 432 g/mol. The summed E-state index contributed by atoms with van der Waals surface area (Å²) in [5.41, 5.74) is 1.24. The highest BCUT2D eigenvalue weighted by Gasteiger charge is 2.22. The minimum absolute atomic E-state index is 0.160. The molecule has 7 heteroatoms. The number of hydrogen-bond acceptors (Lipinski definition) is 2. The summed E-state index contributed by atoms with van der Waals surface area (Å²) in [4.78, 5) is 17.3. The SMILES string of the molecule is O=C(NC1CCCCC1)c1cn(-c2ccc(Cl)cc2)c(-c2ccc(Cl)cc2F)n1. The second-order valence-electron chi connectivity index (χ2n) is 7.23. The molecule has 1 fully saturated rings. The Labute approximate surface area is 178 Å². The van der Waals surface area contributed by atoms with Crippen LogP contribution >= 0.6 is 23.2 Å². The molecule has 1 heterocycles. The van der Waals surface area contributed by atoms with Gasteiger partial charge in [0.2, 0.25) is 0 Å². The first-order valence-corrected chi connectivity index (χ1v) is 10.4. The Morgan fingerprint density at radius 3 is 2.41 bits per heavy atom. The van der Waals surface area contributed by atoms with Gasteiger partial charge in [0.15, 0.2) is 0 Å². The van der Waals surface area contributed by atoms with Gasteiger partial charge in [-0.05, 0) is 55.3 Å². The molecular weight excluding hydrogens is 412 g/mol. The Bertz CT molecular complexity index is 1030. The summed E-state index contributed by atoms with van der Waals surface area (Å²) in [6.45, 7) is 0. The highest BCUT2D eigenvalue weighted by Crippen LogP contribution is 2.28. The fourth-order valence-electron chi connectivity index (χ4n) is 3.66. The fourth-order valence-corrected chi connectivity index (χ4v) is 3.94. The molecule has 4 nitrogen and oxygen atoms in total. The van der Waals surface area contributed by atoms with Gasteiger partial charge >= 0.3 is 0 Å². The van der Waals surface area contributed by atoms with Gasteiger partial charge in [-0.2, -0.15) is 0 Å². The lowest BCUT2D eigenvalue weighted by molar-refractivity contribution is 0.0923. The summed E-state index contributed by atoms with van der Waals surface area (Å²) >= 11 is 11.9. The molecule has 0 unspecified atom stereocenters. The van der Waals surface area contributed by atoms with Gasteiger partial charge in [0.25, 0.3) is 5.91 Å². The van der Waals surface area contributed by atoms with Crippen LogP contribution in [0, 0.1) is 5.82 Å². The van der Waals surface area contributed by atoms with Crippen molar-refractivity contribution in [2.75, 3.05) is 0 Å². The highest BCUT2D eigenvalue weighted by atomic mass is 35.5. The number of carbonyl (C=O) groups is 1. The van der Waals surface area contributed by atoms with Crippen molar-refractivity contribution in [3.05, 3.63) is 70.2 Å². The van der Waals surface area contributed by atoms with Crippen molar-refractivity contribution in [3.8, 4) is 17.1 Å². The number of imidazole rings is 1. The highest BCUT2D eigenvalue weighted by molar-refractivity contribution is 6.30. The molecule has 0 aliphatic heterocycles. The van der Waals surface area contributed by atoms with Crippen LogP contribution in [-0.2, 0) is 0 Å². The molecule has 1 N–H and O–H groups in total. The lowest BCUT2D eigenvalue weighted by Gasteiger charge is -2.22. The Hall–Kier alpha value is -2.37. The van der Waals surface area contributed by atoms with Gasteiger partial charge in [-0.1, -0.05) is 42.5 Å². The summed E-state index contributed by atoms with van der Waals surface area (Å²) in [7, 11) is 0. The molecule has 1 aromatic heterocycles. The number of hydrogen-bond donors (Lipinski definition) is 1. The minimum atomic E-state index is -0.502. The van der Waals surface area contributed by atoms with E-state index in [2.05, 4.69) is 10.3 Å². The van der Waals surface area contributed by atoms with Crippen molar-refractivity contribution < 1.29 is 9.18 Å². The minimum Gasteiger partial charge on any atom is -0.348 e. The zero-order valence-electron chi connectivity index (χ0n) is 15.7. The van der Waals surface area contributed by atoms with Crippen LogP contribution in [0.5, 0.6) is 0 Å². The van der Waals surface area contributed by atoms with E-state index in [0.717, 1.165) is 31.4 Å². The van der Waals surface area contributed by atoms with Gasteiger partial charge in [-0.15, -0.1) is 0 Å². The van der Waals surface area contributed by atoms with E-state index in [0.29, 0.717) is 15.9 Å². The molecule has 1 aliphatic rings. The van der Waals surface area contributed by atoms with Crippen molar-refractivity contribution in [1.29, 1.82) is 0 Å². The summed E-state index contributed by atoms with van der Waals surface area (Å²) in [6, 6.07) is 11.6. The molecule has 3 aromatic rings. The van der Waals surface area contributed by atoms with Gasteiger partial charge in [-0.3, -0.25) is 9.36 Å². The Morgan fingerprint density at radius 2 is 1.72 bits per heavy atom. The maximum Gasteiger partial charge on any atom is 0.271 e. The van der Waals surface area contributed by atoms with E-state index in [-0.39, 0.29) is 23.2 Å². The molecule has 0 bridgehead atoms. The van der Waals surface area contributed by atoms with Crippen LogP contribution in [0.15, 0.2) is 48.7 Å². The van der Waals surface area contributed by atoms with E-state index in [1.165, 1.54) is 12.5 Å². The first kappa shape index (κ1) is 19.9. The largest absolute Gasteiger partial charge is 0.348 e. The quantitative estimate of drug-likeness (QED) is 0.546. The molecular formula is C22H20Cl2FN3O. The second-order valence-corrected chi connectivity index (χ2v) is 8.10. The number of carbonyl (C=O) groups excluding carboxylic acids is 1. The molecule has 0 radical (unpaired) electrons. The van der Waals surface area contributed by atoms with Crippen LogP contribution in [0.25, 0.3) is 17.1 Å². The molecule has 1 aliphatic carbocycles. The molecule has 0 saturated heterocycles. The second kappa shape index (κ2) is 8.56. The fraction of sp³-hybridized carbons (Fsp3) is 0.273. The number of rotatable bonds is 4. The van der Waals surface area contributed by atoms with E-state index in [9.17, 15) is 9.18 Å². The average Bonchev–Trinajstić information content (AvgIpc) is 3.14. The predicted molar refractivity (Wildman–Crippen MR) is 113 cm³/mol. The number of nitrogens with zero attached hydrogens (tertiary/aromatic N) is 2. The lowest BCUT2D eigenvalue weighted by Crippen LogP contribution is -2.36. The molecule has 4 rings (SSSR count). The van der Waals surface area contributed by atoms with Crippen LogP contribution in [0.1, 0.15) is 42.6 Å². The van der Waals surface area contributed by atoms with Gasteiger partial charge < -0.3 is 5.32 Å². The van der Waals surface area contributed by atoms with Crippen LogP contribution in [0.2, 0.25) is 10.0 Å². The van der Waals surface area contributed by atoms with Crippen LogP contribution in [0.3, 0.4) is 0 Å². The number of halogens is 3. The van der Waals surface area contributed by atoms with E-state index < -0.39 is 5.82 Å². The summed E-state index contributed by atoms with van der Waals surface area (Å²) in [5, 5.41) is 3.94. The third kappa shape index (κ3) is 4.46. The molecule has 0 atom stereocenters. The van der Waals surface area contributed by atoms with Crippen LogP contribution in [-0.4, -0.2) is 21.5 Å². The molecule has 29 heavy (non-hydrogen) atoms. The number of nitrogens with one attached hydrogen (secondary N) is 1. The van der Waals surface area contributed by atoms with Crippen molar-refractivity contribution in [3.63, 3.8) is 0 Å². The van der Waals surface area contributed by atoms with Gasteiger partial charge in [-0.25, -0.2) is 9.37 Å². The molecule has 1 amide bonds. The smallest absolute Gasteiger partial charge is 0.271 e. The van der Waals surface area contributed by atoms with E-state index in [1.54, 1.807) is 47.2 Å². The van der Waals surface area contributed by atoms with Crippen molar-refractivity contribution >= 4 is 29.1 Å². The zero-order chi connectivity index (χ0) is 20.4. The molecule has 0 spiro atoms. The lowest BCUT2D eigenvalue weighted by atomic mass is 9.95. The zero-order valence-corrected chi connectivity index (χ0v) is 17.2. The van der Waals surface area contributed by atoms with Crippen molar-refractivity contribution in [2.45, 2.75) is 38.1 Å². The van der Waals surface area contributed by atoms with E-state index >= 15 is 0 Å². The van der Waals surface area contributed by atoms with Crippen LogP contribution < -0.4 is 5.32 Å². The van der Waals surface area contributed by atoms with E-state index in [4.69, 9.17) is 23.2 Å². The van der Waals surface area contributed by atoms with Crippen molar-refractivity contribution in [2.24, 2.45) is 0 Å². The molecule has 2 aromatic carbocycles. The summed E-state index contributed by atoms with van der Waals surface area (Å²) < 4.78 is 16.3. The Balaban J connectivity index is 1.73. The maximum absolute atomic E-state index is 14.6. The number of aromatic nitrogens is 2. The van der Waals surface area contributed by atoms with Gasteiger partial charge in [0.1, 0.15) is 17.3 Å². The first-order valence-electron chi connectivity index (χ1n) is 9.63. The number of benzene rings is 2. The third-order valence-electron chi connectivity index (χ3n) is 5.16. The first-order chi connectivity index (χ1) is 14.0. The molecule has 1 saturated carbocycles. The predicted octanol–water partition coefficient (Wildman–Crippen LogP) is 6.05. The summed E-state index contributed by atoms with van der Waals surface area (Å²) in [6.07, 6.45) is 7.02. The van der Waals surface area contributed by atoms with Gasteiger partial charge in [0, 0.05) is 28.0 Å². The van der Waals surface area contributed by atoms with E-state index in [1.807, 2.05) is 0 Å². The monoisotopic (exact) mass is 431 g/mol. The van der Waals surface area contributed by atoms with Crippen molar-refractivity contribution in [1.82, 2.24) is 14.9 Å². The third-order valence-corrected chi connectivity index (χ3v) is 5.64. The van der Waals surface area contributed by atoms with Gasteiger partial charge in [0.05, 0.1) is 5.56 Å². The van der Waals surface area contributed by atoms with Crippen LogP contribution in [0.4, 0.5) is 4.39 Å². The Morgan fingerprint density at radius 1 is 1.03 bits per heavy atom. The summed E-state index contributed by atoms with van der Waals surface area (Å²) in [5.74, 6) is -0.423. The maximum atomic E-state index is 14.6. The molecule has 150 valence electrons.